The third-order valence-electron chi connectivity index (χ3n) is 4.81. The zero-order valence-corrected chi connectivity index (χ0v) is 14.7. The average molecular weight is 376 g/mol. The molecular formula is C21H13FN2O4. The lowest BCUT2D eigenvalue weighted by atomic mass is 9.98. The van der Waals surface area contributed by atoms with Crippen LogP contribution in [0.4, 0.5) is 10.2 Å². The number of halogens is 1. The molecule has 7 heteroatoms. The number of benzene rings is 2. The largest absolute Gasteiger partial charge is 0.450 e. The lowest BCUT2D eigenvalue weighted by Gasteiger charge is -2.22. The van der Waals surface area contributed by atoms with Gasteiger partial charge in [0.05, 0.1) is 17.0 Å². The number of aromatic nitrogens is 1. The molecule has 0 saturated heterocycles. The minimum Gasteiger partial charge on any atom is -0.450 e. The molecule has 3 heterocycles. The van der Waals surface area contributed by atoms with Crippen molar-refractivity contribution in [2.24, 2.45) is 0 Å². The second-order valence-corrected chi connectivity index (χ2v) is 6.60. The van der Waals surface area contributed by atoms with E-state index in [1.54, 1.807) is 13.0 Å². The number of amides is 1. The Hall–Kier alpha value is -3.74. The summed E-state index contributed by atoms with van der Waals surface area (Å²) in [5.41, 5.74) is 0.581. The molecule has 4 aromatic rings. The van der Waals surface area contributed by atoms with Crippen LogP contribution in [0.2, 0.25) is 0 Å². The van der Waals surface area contributed by atoms with Gasteiger partial charge in [-0.15, -0.1) is 0 Å². The fourth-order valence-electron chi connectivity index (χ4n) is 3.60. The highest BCUT2D eigenvalue weighted by Gasteiger charge is 2.44. The topological polar surface area (TPSA) is 76.6 Å². The number of nitrogens with zero attached hydrogens (tertiary/aromatic N) is 2. The van der Waals surface area contributed by atoms with Crippen LogP contribution in [-0.2, 0) is 0 Å². The Labute approximate surface area is 157 Å². The fraction of sp³-hybridized carbons (Fsp3) is 0.0952. The van der Waals surface area contributed by atoms with E-state index in [1.165, 1.54) is 17.0 Å². The predicted octanol–water partition coefficient (Wildman–Crippen LogP) is 3.98. The van der Waals surface area contributed by atoms with Gasteiger partial charge in [-0.2, -0.15) is 0 Å². The summed E-state index contributed by atoms with van der Waals surface area (Å²) in [5.74, 6) is -0.321. The smallest absolute Gasteiger partial charge is 0.296 e. The zero-order valence-electron chi connectivity index (χ0n) is 14.7. The summed E-state index contributed by atoms with van der Waals surface area (Å²) in [6.07, 6.45) is 0. The highest BCUT2D eigenvalue weighted by Crippen LogP contribution is 2.40. The summed E-state index contributed by atoms with van der Waals surface area (Å²) in [5, 5.41) is 4.04. The van der Waals surface area contributed by atoms with Gasteiger partial charge < -0.3 is 8.94 Å². The normalized spacial score (nSPS) is 16.0. The van der Waals surface area contributed by atoms with E-state index >= 15 is 0 Å². The molecule has 5 rings (SSSR count). The van der Waals surface area contributed by atoms with E-state index in [9.17, 15) is 14.0 Å². The second kappa shape index (κ2) is 5.88. The van der Waals surface area contributed by atoms with Crippen molar-refractivity contribution < 1.29 is 18.1 Å². The van der Waals surface area contributed by atoms with Crippen molar-refractivity contribution in [3.05, 3.63) is 93.3 Å². The molecule has 138 valence electrons. The highest BCUT2D eigenvalue weighted by atomic mass is 19.1. The Kier molecular flexibility index (Phi) is 3.45. The van der Waals surface area contributed by atoms with Gasteiger partial charge in [-0.25, -0.2) is 4.39 Å². The molecule has 0 spiro atoms. The number of carbonyl (C=O) groups excluding carboxylic acids is 1. The van der Waals surface area contributed by atoms with Crippen molar-refractivity contribution in [2.75, 3.05) is 4.90 Å². The molecule has 0 radical (unpaired) electrons. The van der Waals surface area contributed by atoms with Crippen LogP contribution < -0.4 is 10.3 Å². The van der Waals surface area contributed by atoms with Crippen molar-refractivity contribution in [1.82, 2.24) is 5.16 Å². The predicted molar refractivity (Wildman–Crippen MR) is 98.8 cm³/mol. The van der Waals surface area contributed by atoms with Crippen molar-refractivity contribution in [3.63, 3.8) is 0 Å². The van der Waals surface area contributed by atoms with E-state index in [1.807, 2.05) is 30.3 Å². The van der Waals surface area contributed by atoms with Gasteiger partial charge in [0.15, 0.2) is 11.2 Å². The lowest BCUT2D eigenvalue weighted by Crippen LogP contribution is -2.29. The summed E-state index contributed by atoms with van der Waals surface area (Å²) >= 11 is 0. The Morgan fingerprint density at radius 3 is 2.57 bits per heavy atom. The molecule has 1 aliphatic rings. The van der Waals surface area contributed by atoms with Gasteiger partial charge in [0.25, 0.3) is 5.91 Å². The van der Waals surface area contributed by atoms with E-state index in [0.29, 0.717) is 11.3 Å². The summed E-state index contributed by atoms with van der Waals surface area (Å²) in [6.45, 7) is 1.71. The van der Waals surface area contributed by atoms with Crippen molar-refractivity contribution in [1.29, 1.82) is 0 Å². The molecule has 1 aliphatic heterocycles. The first-order valence-electron chi connectivity index (χ1n) is 8.62. The van der Waals surface area contributed by atoms with E-state index in [-0.39, 0.29) is 28.1 Å². The number of rotatable bonds is 2. The maximum Gasteiger partial charge on any atom is 0.296 e. The van der Waals surface area contributed by atoms with Crippen molar-refractivity contribution >= 4 is 22.7 Å². The molecule has 1 atom stereocenters. The Bertz CT molecular complexity index is 1290. The van der Waals surface area contributed by atoms with Crippen LogP contribution in [-0.4, -0.2) is 11.1 Å². The number of hydrogen-bond acceptors (Lipinski definition) is 5. The number of carbonyl (C=O) groups is 1. The van der Waals surface area contributed by atoms with Crippen LogP contribution in [0.25, 0.3) is 11.0 Å². The number of fused-ring (bicyclic) bond motifs is 2. The Morgan fingerprint density at radius 2 is 1.86 bits per heavy atom. The van der Waals surface area contributed by atoms with Gasteiger partial charge in [0.2, 0.25) is 5.76 Å². The first kappa shape index (κ1) is 16.4. The number of anilines is 1. The van der Waals surface area contributed by atoms with Gasteiger partial charge in [0, 0.05) is 6.07 Å². The van der Waals surface area contributed by atoms with Crippen molar-refractivity contribution in [2.45, 2.75) is 13.0 Å². The number of aryl methyl sites for hydroxylation is 1. The maximum absolute atomic E-state index is 13.7. The van der Waals surface area contributed by atoms with E-state index in [0.717, 1.165) is 6.07 Å². The van der Waals surface area contributed by atoms with Gasteiger partial charge in [-0.05, 0) is 30.7 Å². The molecule has 1 amide bonds. The van der Waals surface area contributed by atoms with Crippen LogP contribution in [0.1, 0.15) is 33.5 Å². The van der Waals surface area contributed by atoms with E-state index in [4.69, 9.17) is 8.94 Å². The van der Waals surface area contributed by atoms with Gasteiger partial charge >= 0.3 is 0 Å². The van der Waals surface area contributed by atoms with Gasteiger partial charge in [-0.1, -0.05) is 35.5 Å². The molecule has 0 bridgehead atoms. The summed E-state index contributed by atoms with van der Waals surface area (Å²) in [7, 11) is 0. The third-order valence-corrected chi connectivity index (χ3v) is 4.81. The molecule has 0 aliphatic carbocycles. The SMILES string of the molecule is Cc1cc(N2C(=O)c3oc4ccc(F)cc4c(=O)c3C2c2ccccc2)no1. The summed E-state index contributed by atoms with van der Waals surface area (Å²) < 4.78 is 24.6. The highest BCUT2D eigenvalue weighted by molar-refractivity contribution is 6.10. The zero-order chi connectivity index (χ0) is 19.4. The maximum atomic E-state index is 13.7. The first-order chi connectivity index (χ1) is 13.5. The molecule has 6 nitrogen and oxygen atoms in total. The lowest BCUT2D eigenvalue weighted by molar-refractivity contribution is 0.0969. The third kappa shape index (κ3) is 2.29. The van der Waals surface area contributed by atoms with Gasteiger partial charge in [-0.3, -0.25) is 14.5 Å². The molecule has 0 fully saturated rings. The summed E-state index contributed by atoms with van der Waals surface area (Å²) in [6, 6.07) is 13.6. The van der Waals surface area contributed by atoms with Crippen LogP contribution in [0.15, 0.2) is 68.3 Å². The minimum absolute atomic E-state index is 0.0707. The fourth-order valence-corrected chi connectivity index (χ4v) is 3.60. The molecule has 1 unspecified atom stereocenters. The standard InChI is InChI=1S/C21H13FN2O4/c1-11-9-16(23-28-11)24-18(12-5-3-2-4-6-12)17-19(25)14-10-13(22)7-8-15(14)27-20(17)21(24)26/h2-10,18H,1H3. The summed E-state index contributed by atoms with van der Waals surface area (Å²) in [4.78, 5) is 27.8. The van der Waals surface area contributed by atoms with Crippen molar-refractivity contribution in [3.8, 4) is 0 Å². The molecule has 2 aromatic carbocycles. The van der Waals surface area contributed by atoms with Crippen LogP contribution in [0, 0.1) is 12.7 Å². The van der Waals surface area contributed by atoms with E-state index in [2.05, 4.69) is 5.16 Å². The molecule has 0 N–H and O–H groups in total. The van der Waals surface area contributed by atoms with Crippen LogP contribution >= 0.6 is 0 Å². The average Bonchev–Trinajstić information content (AvgIpc) is 3.24. The minimum atomic E-state index is -0.753. The molecular weight excluding hydrogens is 363 g/mol. The first-order valence-corrected chi connectivity index (χ1v) is 8.62. The van der Waals surface area contributed by atoms with Crippen LogP contribution in [0.5, 0.6) is 0 Å². The monoisotopic (exact) mass is 376 g/mol. The number of hydrogen-bond donors (Lipinski definition) is 0. The van der Waals surface area contributed by atoms with Gasteiger partial charge in [0.1, 0.15) is 17.2 Å². The Morgan fingerprint density at radius 1 is 1.07 bits per heavy atom. The molecule has 28 heavy (non-hydrogen) atoms. The quantitative estimate of drug-likeness (QED) is 0.529. The second-order valence-electron chi connectivity index (χ2n) is 6.60. The Balaban J connectivity index is 1.84. The van der Waals surface area contributed by atoms with E-state index < -0.39 is 23.2 Å². The molecule has 0 saturated carbocycles. The van der Waals surface area contributed by atoms with Crippen LogP contribution in [0.3, 0.4) is 0 Å². The molecule has 2 aromatic heterocycles.